The molecule has 17 rings (SSSR count). The van der Waals surface area contributed by atoms with Gasteiger partial charge in [0.1, 0.15) is 23.3 Å². The molecule has 0 saturated carbocycles. The van der Waals surface area contributed by atoms with E-state index in [0.717, 1.165) is 149 Å². The lowest BCUT2D eigenvalue weighted by Crippen LogP contribution is -2.10. The third kappa shape index (κ3) is 8.93. The largest absolute Gasteiger partial charge is 0.307 e. The molecule has 0 atom stereocenters. The Bertz CT molecular complexity index is 5230. The molecule has 0 aliphatic heterocycles. The fourth-order valence-electron chi connectivity index (χ4n) is 13.9. The van der Waals surface area contributed by atoms with Crippen LogP contribution in [0.1, 0.15) is 5.56 Å². The maximum atomic E-state index is 16.6. The molecule has 6 heteroatoms. The molecular formula is C85H52F2N4. The van der Waals surface area contributed by atoms with Gasteiger partial charge in [0.25, 0.3) is 0 Å². The van der Waals surface area contributed by atoms with Crippen molar-refractivity contribution in [2.45, 2.75) is 0 Å². The van der Waals surface area contributed by atoms with Crippen LogP contribution < -0.4 is 0 Å². The van der Waals surface area contributed by atoms with Crippen LogP contribution in [-0.4, -0.2) is 13.7 Å². The van der Waals surface area contributed by atoms with E-state index in [9.17, 15) is 5.26 Å². The Kier molecular flexibility index (Phi) is 12.6. The zero-order valence-corrected chi connectivity index (χ0v) is 49.1. The summed E-state index contributed by atoms with van der Waals surface area (Å²) in [5, 5.41) is 16.3. The molecule has 0 saturated heterocycles. The highest BCUT2D eigenvalue weighted by molar-refractivity contribution is 6.16. The van der Waals surface area contributed by atoms with Crippen molar-refractivity contribution < 1.29 is 8.78 Å². The number of nitrogens with zero attached hydrogens (tertiary/aromatic N) is 4. The summed E-state index contributed by atoms with van der Waals surface area (Å²) < 4.78 is 40.3. The van der Waals surface area contributed by atoms with Crippen LogP contribution >= 0.6 is 0 Å². The predicted octanol–water partition coefficient (Wildman–Crippen LogP) is 22.8. The van der Waals surface area contributed by atoms with Crippen LogP contribution in [0.5, 0.6) is 0 Å². The molecule has 0 fully saturated rings. The highest BCUT2D eigenvalue weighted by atomic mass is 19.1. The normalized spacial score (nSPS) is 11.6. The second kappa shape index (κ2) is 21.6. The third-order valence-corrected chi connectivity index (χ3v) is 18.2. The van der Waals surface area contributed by atoms with Crippen LogP contribution in [-0.2, 0) is 0 Å². The molecule has 0 bridgehead atoms. The number of nitriles is 1. The molecule has 0 unspecified atom stereocenters. The standard InChI is InChI=1S/C85H52F2N4/c86-75-49-66(50-76(87)74(75)53-88)67-51-83(89-77-37-31-60(54-19-7-1-8-20-54)43-68(77)69-44-61(32-38-78(69)89)55-21-9-2-10-22-55)85(91-81-41-35-64(58-27-15-5-16-28-58)47-72(81)73-48-65(36-42-82(73)91)59-29-17-6-18-30-59)84(52-67)90-79-39-33-62(56-23-11-3-12-24-56)45-70(79)71-46-63(34-40-80(71)90)57-25-13-4-14-26-57/h1-52H. The lowest BCUT2D eigenvalue weighted by Gasteiger charge is -2.24. The topological polar surface area (TPSA) is 38.6 Å². The van der Waals surface area contributed by atoms with E-state index in [1.807, 2.05) is 36.4 Å². The van der Waals surface area contributed by atoms with Crippen LogP contribution in [0.2, 0.25) is 0 Å². The minimum absolute atomic E-state index is 0.280. The molecule has 0 aliphatic carbocycles. The van der Waals surface area contributed by atoms with E-state index in [4.69, 9.17) is 0 Å². The molecule has 14 aromatic carbocycles. The van der Waals surface area contributed by atoms with Crippen molar-refractivity contribution in [2.24, 2.45) is 0 Å². The van der Waals surface area contributed by atoms with Crippen molar-refractivity contribution in [2.75, 3.05) is 0 Å². The molecule has 4 nitrogen and oxygen atoms in total. The van der Waals surface area contributed by atoms with E-state index < -0.39 is 17.2 Å². The van der Waals surface area contributed by atoms with Crippen LogP contribution in [0.15, 0.2) is 315 Å². The number of halogens is 2. The van der Waals surface area contributed by atoms with Gasteiger partial charge in [-0.15, -0.1) is 0 Å². The van der Waals surface area contributed by atoms with Gasteiger partial charge in [-0.2, -0.15) is 5.26 Å². The van der Waals surface area contributed by atoms with Crippen LogP contribution in [0.4, 0.5) is 8.78 Å². The Morgan fingerprint density at radius 3 is 0.670 bits per heavy atom. The first-order chi connectivity index (χ1) is 44.9. The second-order valence-electron chi connectivity index (χ2n) is 23.4. The monoisotopic (exact) mass is 1170 g/mol. The zero-order chi connectivity index (χ0) is 60.7. The zero-order valence-electron chi connectivity index (χ0n) is 49.1. The average Bonchev–Trinajstić information content (AvgIpc) is 1.58. The Morgan fingerprint density at radius 2 is 0.440 bits per heavy atom. The van der Waals surface area contributed by atoms with E-state index in [2.05, 4.69) is 281 Å². The summed E-state index contributed by atoms with van der Waals surface area (Å²) in [6, 6.07) is 112. The number of aromatic nitrogens is 3. The summed E-state index contributed by atoms with van der Waals surface area (Å²) in [6.07, 6.45) is 0. The minimum atomic E-state index is -0.937. The lowest BCUT2D eigenvalue weighted by molar-refractivity contribution is 0.577. The fraction of sp³-hybridized carbons (Fsp3) is 0. The quantitative estimate of drug-likeness (QED) is 0.134. The van der Waals surface area contributed by atoms with Gasteiger partial charge in [0, 0.05) is 32.3 Å². The van der Waals surface area contributed by atoms with Gasteiger partial charge in [-0.25, -0.2) is 8.78 Å². The van der Waals surface area contributed by atoms with E-state index in [1.165, 1.54) is 12.1 Å². The van der Waals surface area contributed by atoms with Crippen molar-refractivity contribution in [3.8, 4) is 101 Å². The molecule has 17 aromatic rings. The van der Waals surface area contributed by atoms with Crippen molar-refractivity contribution in [3.05, 3.63) is 333 Å². The van der Waals surface area contributed by atoms with Crippen molar-refractivity contribution in [1.82, 2.24) is 13.7 Å². The van der Waals surface area contributed by atoms with Gasteiger partial charge in [0.05, 0.1) is 50.2 Å². The van der Waals surface area contributed by atoms with Gasteiger partial charge in [-0.05, 0) is 175 Å². The van der Waals surface area contributed by atoms with Crippen LogP contribution in [0, 0.1) is 23.0 Å². The Labute approximate surface area is 523 Å². The van der Waals surface area contributed by atoms with Gasteiger partial charge in [0.15, 0.2) is 0 Å². The number of hydrogen-bond donors (Lipinski definition) is 0. The molecule has 3 heterocycles. The third-order valence-electron chi connectivity index (χ3n) is 18.2. The van der Waals surface area contributed by atoms with Crippen molar-refractivity contribution >= 4 is 65.4 Å². The van der Waals surface area contributed by atoms with Gasteiger partial charge >= 0.3 is 0 Å². The Hall–Kier alpha value is -12.2. The summed E-state index contributed by atoms with van der Waals surface area (Å²) >= 11 is 0. The summed E-state index contributed by atoms with van der Waals surface area (Å²) in [5.41, 5.74) is 21.2. The first-order valence-electron chi connectivity index (χ1n) is 30.6. The maximum Gasteiger partial charge on any atom is 0.144 e. The highest BCUT2D eigenvalue weighted by Crippen LogP contribution is 2.48. The van der Waals surface area contributed by atoms with E-state index in [-0.39, 0.29) is 5.56 Å². The van der Waals surface area contributed by atoms with Crippen molar-refractivity contribution in [3.63, 3.8) is 0 Å². The van der Waals surface area contributed by atoms with Crippen molar-refractivity contribution in [1.29, 1.82) is 5.26 Å². The number of fused-ring (bicyclic) bond motifs is 9. The highest BCUT2D eigenvalue weighted by Gasteiger charge is 2.28. The summed E-state index contributed by atoms with van der Waals surface area (Å²) in [7, 11) is 0. The fourth-order valence-corrected chi connectivity index (χ4v) is 13.9. The van der Waals surface area contributed by atoms with Gasteiger partial charge in [-0.3, -0.25) is 0 Å². The van der Waals surface area contributed by atoms with Crippen LogP contribution in [0.3, 0.4) is 0 Å². The molecule has 426 valence electrons. The second-order valence-corrected chi connectivity index (χ2v) is 23.4. The average molecular weight is 1170 g/mol. The predicted molar refractivity (Wildman–Crippen MR) is 372 cm³/mol. The molecule has 0 amide bonds. The van der Waals surface area contributed by atoms with Gasteiger partial charge < -0.3 is 13.7 Å². The van der Waals surface area contributed by atoms with E-state index in [0.29, 0.717) is 5.56 Å². The van der Waals surface area contributed by atoms with Gasteiger partial charge in [0.2, 0.25) is 0 Å². The summed E-state index contributed by atoms with van der Waals surface area (Å²) in [5.74, 6) is -1.87. The summed E-state index contributed by atoms with van der Waals surface area (Å²) in [4.78, 5) is 0. The Balaban J connectivity index is 1.08. The molecule has 0 aliphatic rings. The SMILES string of the molecule is N#Cc1c(F)cc(-c2cc(-n3c4ccc(-c5ccccc5)cc4c4cc(-c5ccccc5)ccc43)c(-n3c4ccc(-c5ccccc5)cc4c4cc(-c5ccccc5)ccc43)c(-n3c4ccc(-c5ccccc5)cc4c4cc(-c5ccccc5)ccc43)c2)cc1F. The van der Waals surface area contributed by atoms with Crippen LogP contribution in [0.25, 0.3) is 160 Å². The molecule has 91 heavy (non-hydrogen) atoms. The Morgan fingerprint density at radius 1 is 0.220 bits per heavy atom. The maximum absolute atomic E-state index is 16.6. The van der Waals surface area contributed by atoms with E-state index >= 15 is 8.78 Å². The minimum Gasteiger partial charge on any atom is -0.307 e. The van der Waals surface area contributed by atoms with E-state index in [1.54, 1.807) is 6.07 Å². The first kappa shape index (κ1) is 53.1. The molecule has 0 radical (unpaired) electrons. The number of benzene rings is 14. The molecule has 3 aromatic heterocycles. The lowest BCUT2D eigenvalue weighted by atomic mass is 9.99. The smallest absolute Gasteiger partial charge is 0.144 e. The molecule has 0 N–H and O–H groups in total. The molecule has 0 spiro atoms. The van der Waals surface area contributed by atoms with Gasteiger partial charge in [-0.1, -0.05) is 218 Å². The number of hydrogen-bond acceptors (Lipinski definition) is 1. The number of rotatable bonds is 10. The first-order valence-corrected chi connectivity index (χ1v) is 30.6. The molecular weight excluding hydrogens is 1110 g/mol. The summed E-state index contributed by atoms with van der Waals surface area (Å²) in [6.45, 7) is 0.